The van der Waals surface area contributed by atoms with Gasteiger partial charge in [0.2, 0.25) is 0 Å². The summed E-state index contributed by atoms with van der Waals surface area (Å²) < 4.78 is 7.26. The third kappa shape index (κ3) is 5.67. The molecular weight excluding hydrogens is 280 g/mol. The number of methoxy groups -OCH3 is 1. The van der Waals surface area contributed by atoms with Gasteiger partial charge in [0, 0.05) is 38.0 Å². The summed E-state index contributed by atoms with van der Waals surface area (Å²) >= 11 is 0. The number of aromatic nitrogens is 2. The average Bonchev–Trinajstić information content (AvgIpc) is 2.93. The predicted molar refractivity (Wildman–Crippen MR) is 87.8 cm³/mol. The standard InChI is InChI=1S/C16H30N4O2/c1-7-19(11-14-10-18-20(12-14)13(2)3)15(21)17-9-8-16(4,5)22-6/h10,12-13H,7-9,11H2,1-6H3,(H,17,21). The maximum absolute atomic E-state index is 12.2. The highest BCUT2D eigenvalue weighted by atomic mass is 16.5. The first-order chi connectivity index (χ1) is 10.3. The number of nitrogens with zero attached hydrogens (tertiary/aromatic N) is 3. The van der Waals surface area contributed by atoms with Crippen LogP contribution in [0.2, 0.25) is 0 Å². The molecule has 22 heavy (non-hydrogen) atoms. The maximum Gasteiger partial charge on any atom is 0.317 e. The van der Waals surface area contributed by atoms with Crippen LogP contribution in [0.3, 0.4) is 0 Å². The van der Waals surface area contributed by atoms with E-state index in [1.54, 1.807) is 12.0 Å². The molecule has 126 valence electrons. The van der Waals surface area contributed by atoms with Crippen LogP contribution >= 0.6 is 0 Å². The first kappa shape index (κ1) is 18.5. The molecule has 1 heterocycles. The van der Waals surface area contributed by atoms with Crippen LogP contribution in [0.1, 0.15) is 52.6 Å². The van der Waals surface area contributed by atoms with Crippen molar-refractivity contribution in [3.8, 4) is 0 Å². The zero-order valence-electron chi connectivity index (χ0n) is 14.7. The van der Waals surface area contributed by atoms with Crippen LogP contribution in [0.15, 0.2) is 12.4 Å². The Morgan fingerprint density at radius 1 is 1.50 bits per heavy atom. The highest BCUT2D eigenvalue weighted by molar-refractivity contribution is 5.74. The van der Waals surface area contributed by atoms with E-state index in [0.29, 0.717) is 25.7 Å². The van der Waals surface area contributed by atoms with Gasteiger partial charge in [-0.25, -0.2) is 4.79 Å². The van der Waals surface area contributed by atoms with Gasteiger partial charge in [-0.05, 0) is 41.0 Å². The third-order valence-corrected chi connectivity index (χ3v) is 3.78. The lowest BCUT2D eigenvalue weighted by molar-refractivity contribution is 0.0162. The minimum Gasteiger partial charge on any atom is -0.379 e. The number of rotatable bonds is 8. The summed E-state index contributed by atoms with van der Waals surface area (Å²) in [5.41, 5.74) is 0.825. The molecule has 0 saturated heterocycles. The topological polar surface area (TPSA) is 59.4 Å². The first-order valence-corrected chi connectivity index (χ1v) is 7.90. The highest BCUT2D eigenvalue weighted by Gasteiger charge is 2.18. The summed E-state index contributed by atoms with van der Waals surface area (Å²) in [4.78, 5) is 14.0. The van der Waals surface area contributed by atoms with E-state index in [9.17, 15) is 4.79 Å². The van der Waals surface area contributed by atoms with Crippen LogP contribution in [-0.4, -0.2) is 46.5 Å². The minimum absolute atomic E-state index is 0.0494. The number of carbonyl (C=O) groups excluding carboxylic acids is 1. The fraction of sp³-hybridized carbons (Fsp3) is 0.750. The van der Waals surface area contributed by atoms with Gasteiger partial charge in [0.25, 0.3) is 0 Å². The number of ether oxygens (including phenoxy) is 1. The summed E-state index contributed by atoms with van der Waals surface area (Å²) in [6, 6.07) is 0.278. The van der Waals surface area contributed by atoms with Crippen LogP contribution in [-0.2, 0) is 11.3 Å². The molecule has 1 aromatic heterocycles. The number of hydrogen-bond donors (Lipinski definition) is 1. The number of hydrogen-bond acceptors (Lipinski definition) is 3. The summed E-state index contributed by atoms with van der Waals surface area (Å²) in [6.07, 6.45) is 4.59. The molecule has 0 spiro atoms. The van der Waals surface area contributed by atoms with Crippen LogP contribution in [0.5, 0.6) is 0 Å². The van der Waals surface area contributed by atoms with E-state index in [2.05, 4.69) is 24.3 Å². The Morgan fingerprint density at radius 2 is 2.18 bits per heavy atom. The molecule has 0 aromatic carbocycles. The van der Waals surface area contributed by atoms with E-state index in [-0.39, 0.29) is 11.6 Å². The van der Waals surface area contributed by atoms with Gasteiger partial charge in [-0.3, -0.25) is 4.68 Å². The molecule has 0 bridgehead atoms. The molecule has 1 N–H and O–H groups in total. The Labute approximate surface area is 133 Å². The molecule has 1 rings (SSSR count). The molecule has 0 aliphatic heterocycles. The monoisotopic (exact) mass is 310 g/mol. The van der Waals surface area contributed by atoms with Gasteiger partial charge in [0.1, 0.15) is 0 Å². The molecule has 0 aliphatic rings. The number of nitrogens with one attached hydrogen (secondary N) is 1. The second-order valence-electron chi connectivity index (χ2n) is 6.38. The van der Waals surface area contributed by atoms with Crippen molar-refractivity contribution in [3.63, 3.8) is 0 Å². The fourth-order valence-electron chi connectivity index (χ4n) is 1.97. The number of urea groups is 1. The van der Waals surface area contributed by atoms with Crippen LogP contribution in [0, 0.1) is 0 Å². The second-order valence-corrected chi connectivity index (χ2v) is 6.38. The predicted octanol–water partition coefficient (Wildman–Crippen LogP) is 2.81. The molecule has 1 aromatic rings. The van der Waals surface area contributed by atoms with E-state index in [4.69, 9.17) is 4.74 Å². The Kier molecular flexibility index (Phi) is 6.87. The Bertz CT molecular complexity index is 468. The summed E-state index contributed by atoms with van der Waals surface area (Å²) in [5.74, 6) is 0. The molecule has 2 amide bonds. The molecule has 6 nitrogen and oxygen atoms in total. The van der Waals surface area contributed by atoms with Crippen molar-refractivity contribution in [2.75, 3.05) is 20.2 Å². The smallest absolute Gasteiger partial charge is 0.317 e. The summed E-state index contributed by atoms with van der Waals surface area (Å²) in [5, 5.41) is 7.26. The zero-order chi connectivity index (χ0) is 16.8. The maximum atomic E-state index is 12.2. The molecule has 0 saturated carbocycles. The number of carbonyl (C=O) groups is 1. The molecular formula is C16H30N4O2. The molecule has 0 radical (unpaired) electrons. The third-order valence-electron chi connectivity index (χ3n) is 3.78. The summed E-state index contributed by atoms with van der Waals surface area (Å²) in [6.45, 7) is 12.0. The lowest BCUT2D eigenvalue weighted by atomic mass is 10.1. The Morgan fingerprint density at radius 3 is 2.68 bits per heavy atom. The van der Waals surface area contributed by atoms with Crippen LogP contribution in [0.4, 0.5) is 4.79 Å². The molecule has 6 heteroatoms. The van der Waals surface area contributed by atoms with Crippen LogP contribution < -0.4 is 5.32 Å². The SMILES string of the molecule is CCN(Cc1cnn(C(C)C)c1)C(=O)NCCC(C)(C)OC. The summed E-state index contributed by atoms with van der Waals surface area (Å²) in [7, 11) is 1.69. The Hall–Kier alpha value is -1.56. The van der Waals surface area contributed by atoms with Crippen molar-refractivity contribution in [1.82, 2.24) is 20.0 Å². The van der Waals surface area contributed by atoms with Gasteiger partial charge in [-0.2, -0.15) is 5.10 Å². The van der Waals surface area contributed by atoms with E-state index in [0.717, 1.165) is 12.0 Å². The molecule has 0 atom stereocenters. The van der Waals surface area contributed by atoms with E-state index in [1.807, 2.05) is 37.8 Å². The average molecular weight is 310 g/mol. The molecule has 0 fully saturated rings. The highest BCUT2D eigenvalue weighted by Crippen LogP contribution is 2.12. The quantitative estimate of drug-likeness (QED) is 0.803. The van der Waals surface area contributed by atoms with Gasteiger partial charge >= 0.3 is 6.03 Å². The fourth-order valence-corrected chi connectivity index (χ4v) is 1.97. The van der Waals surface area contributed by atoms with Crippen molar-refractivity contribution >= 4 is 6.03 Å². The van der Waals surface area contributed by atoms with E-state index >= 15 is 0 Å². The zero-order valence-corrected chi connectivity index (χ0v) is 14.7. The molecule has 0 aliphatic carbocycles. The normalized spacial score (nSPS) is 11.8. The minimum atomic E-state index is -0.220. The van der Waals surface area contributed by atoms with E-state index in [1.165, 1.54) is 0 Å². The number of amides is 2. The largest absolute Gasteiger partial charge is 0.379 e. The Balaban J connectivity index is 2.50. The van der Waals surface area contributed by atoms with Gasteiger partial charge in [-0.15, -0.1) is 0 Å². The van der Waals surface area contributed by atoms with Crippen molar-refractivity contribution in [2.45, 2.75) is 59.2 Å². The first-order valence-electron chi connectivity index (χ1n) is 7.90. The van der Waals surface area contributed by atoms with Crippen molar-refractivity contribution in [3.05, 3.63) is 18.0 Å². The van der Waals surface area contributed by atoms with Gasteiger partial charge in [0.15, 0.2) is 0 Å². The molecule has 0 unspecified atom stereocenters. The van der Waals surface area contributed by atoms with Gasteiger partial charge in [-0.1, -0.05) is 0 Å². The van der Waals surface area contributed by atoms with Crippen LogP contribution in [0.25, 0.3) is 0 Å². The lowest BCUT2D eigenvalue weighted by Crippen LogP contribution is -2.41. The van der Waals surface area contributed by atoms with E-state index < -0.39 is 0 Å². The van der Waals surface area contributed by atoms with Crippen molar-refractivity contribution in [2.24, 2.45) is 0 Å². The van der Waals surface area contributed by atoms with Gasteiger partial charge < -0.3 is 15.0 Å². The second kappa shape index (κ2) is 8.17. The lowest BCUT2D eigenvalue weighted by Gasteiger charge is -2.25. The van der Waals surface area contributed by atoms with Gasteiger partial charge in [0.05, 0.1) is 18.3 Å². The van der Waals surface area contributed by atoms with Crippen molar-refractivity contribution in [1.29, 1.82) is 0 Å². The van der Waals surface area contributed by atoms with Crippen molar-refractivity contribution < 1.29 is 9.53 Å².